The maximum absolute atomic E-state index is 13.0. The van der Waals surface area contributed by atoms with Gasteiger partial charge in [-0.25, -0.2) is 9.97 Å². The fourth-order valence-corrected chi connectivity index (χ4v) is 7.50. The maximum atomic E-state index is 13.0. The first-order valence-corrected chi connectivity index (χ1v) is 14.9. The average molecular weight is 555 g/mol. The third kappa shape index (κ3) is 3.89. The van der Waals surface area contributed by atoms with Gasteiger partial charge in [-0.05, 0) is 25.0 Å². The van der Waals surface area contributed by atoms with E-state index in [0.29, 0.717) is 0 Å². The maximum Gasteiger partial charge on any atom is 0.143 e. The lowest BCUT2D eigenvalue weighted by Gasteiger charge is -2.28. The van der Waals surface area contributed by atoms with Gasteiger partial charge in [0.15, 0.2) is 0 Å². The molecule has 0 amide bonds. The summed E-state index contributed by atoms with van der Waals surface area (Å²) in [6, 6.07) is 38.7. The Morgan fingerprint density at radius 3 is 1.65 bits per heavy atom. The van der Waals surface area contributed by atoms with E-state index in [2.05, 4.69) is 44.2 Å². The van der Waals surface area contributed by atoms with Crippen LogP contribution in [0.3, 0.4) is 0 Å². The van der Waals surface area contributed by atoms with Crippen LogP contribution in [0.2, 0.25) is 0 Å². The second-order valence-corrected chi connectivity index (χ2v) is 12.4. The van der Waals surface area contributed by atoms with E-state index < -0.39 is 5.60 Å². The number of aromatic nitrogens is 2. The predicted octanol–water partition coefficient (Wildman–Crippen LogP) is 8.76. The minimum atomic E-state index is -1.39. The van der Waals surface area contributed by atoms with Crippen LogP contribution in [-0.4, -0.2) is 15.1 Å². The van der Waals surface area contributed by atoms with Crippen molar-refractivity contribution in [2.75, 3.05) is 0 Å². The van der Waals surface area contributed by atoms with Crippen molar-refractivity contribution in [3.8, 4) is 21.1 Å². The van der Waals surface area contributed by atoms with Gasteiger partial charge in [0, 0.05) is 37.6 Å². The first-order chi connectivity index (χ1) is 19.6. The topological polar surface area (TPSA) is 46.0 Å². The fraction of sp³-hybridized carbons (Fsp3) is 0.0857. The molecule has 5 heteroatoms. The number of nitrogens with zero attached hydrogens (tertiary/aromatic N) is 2. The first kappa shape index (κ1) is 24.9. The van der Waals surface area contributed by atoms with Crippen LogP contribution in [0.15, 0.2) is 115 Å². The molecule has 0 unspecified atom stereocenters. The molecule has 4 aromatic carbocycles. The standard InChI is InChI=1S/C35H26N2OS2/c1-22-31(36-33(39-22)24-14-6-3-7-15-24)29-27-20-12-13-21-28(27)35(38,26-18-10-5-11-19-26)30(29)32-23(2)40-34(37-32)25-16-8-4-9-17-25/h3-21,38H,1-2H3/t35-/m1/s1. The van der Waals surface area contributed by atoms with E-state index in [4.69, 9.17) is 9.97 Å². The predicted molar refractivity (Wildman–Crippen MR) is 166 cm³/mol. The van der Waals surface area contributed by atoms with E-state index in [1.54, 1.807) is 22.7 Å². The zero-order valence-electron chi connectivity index (χ0n) is 22.1. The van der Waals surface area contributed by atoms with E-state index in [1.807, 2.05) is 84.9 Å². The summed E-state index contributed by atoms with van der Waals surface area (Å²) in [5.41, 5.74) is 6.89. The van der Waals surface area contributed by atoms with Crippen molar-refractivity contribution in [2.45, 2.75) is 19.4 Å². The third-order valence-electron chi connectivity index (χ3n) is 7.50. The van der Waals surface area contributed by atoms with Crippen LogP contribution in [0.4, 0.5) is 0 Å². The number of rotatable bonds is 5. The molecule has 194 valence electrons. The van der Waals surface area contributed by atoms with Gasteiger partial charge in [0.1, 0.15) is 15.6 Å². The van der Waals surface area contributed by atoms with Crippen LogP contribution in [0.1, 0.15) is 37.8 Å². The highest BCUT2D eigenvalue weighted by Crippen LogP contribution is 2.56. The Balaban J connectivity index is 1.55. The molecular weight excluding hydrogens is 529 g/mol. The molecule has 0 bridgehead atoms. The lowest BCUT2D eigenvalue weighted by Crippen LogP contribution is -2.27. The van der Waals surface area contributed by atoms with Crippen LogP contribution < -0.4 is 0 Å². The highest BCUT2D eigenvalue weighted by molar-refractivity contribution is 7.15. The lowest BCUT2D eigenvalue weighted by atomic mass is 9.81. The molecule has 6 aromatic rings. The zero-order valence-corrected chi connectivity index (χ0v) is 23.8. The summed E-state index contributed by atoms with van der Waals surface area (Å²) in [5.74, 6) is 0. The van der Waals surface area contributed by atoms with Gasteiger partial charge in [0.2, 0.25) is 0 Å². The summed E-state index contributed by atoms with van der Waals surface area (Å²) in [5, 5.41) is 14.9. The van der Waals surface area contributed by atoms with Crippen LogP contribution in [-0.2, 0) is 5.60 Å². The van der Waals surface area contributed by atoms with Gasteiger partial charge < -0.3 is 5.11 Å². The number of hydrogen-bond donors (Lipinski definition) is 1. The average Bonchev–Trinajstić information content (AvgIpc) is 3.66. The Bertz CT molecular complexity index is 1870. The van der Waals surface area contributed by atoms with Crippen LogP contribution >= 0.6 is 22.7 Å². The Morgan fingerprint density at radius 2 is 1.05 bits per heavy atom. The van der Waals surface area contributed by atoms with E-state index in [1.165, 1.54) is 0 Å². The second-order valence-electron chi connectivity index (χ2n) is 9.95. The largest absolute Gasteiger partial charge is 0.376 e. The van der Waals surface area contributed by atoms with E-state index in [0.717, 1.165) is 70.1 Å². The number of thiazole rings is 2. The van der Waals surface area contributed by atoms with E-state index >= 15 is 0 Å². The number of fused-ring (bicyclic) bond motifs is 1. The summed E-state index contributed by atoms with van der Waals surface area (Å²) in [6.45, 7) is 4.22. The van der Waals surface area contributed by atoms with Crippen molar-refractivity contribution in [3.05, 3.63) is 153 Å². The van der Waals surface area contributed by atoms with Crippen LogP contribution in [0, 0.1) is 13.8 Å². The lowest BCUT2D eigenvalue weighted by molar-refractivity contribution is 0.148. The molecule has 0 radical (unpaired) electrons. The zero-order chi connectivity index (χ0) is 27.3. The fourth-order valence-electron chi connectivity index (χ4n) is 5.65. The van der Waals surface area contributed by atoms with Crippen molar-refractivity contribution >= 4 is 33.8 Å². The number of aliphatic hydroxyl groups is 1. The Labute approximate surface area is 241 Å². The molecule has 40 heavy (non-hydrogen) atoms. The minimum Gasteiger partial charge on any atom is -0.376 e. The monoisotopic (exact) mass is 554 g/mol. The van der Waals surface area contributed by atoms with Gasteiger partial charge in [-0.3, -0.25) is 0 Å². The van der Waals surface area contributed by atoms with Gasteiger partial charge in [0.05, 0.1) is 11.4 Å². The molecule has 3 nitrogen and oxygen atoms in total. The van der Waals surface area contributed by atoms with Crippen LogP contribution in [0.25, 0.3) is 32.3 Å². The minimum absolute atomic E-state index is 0.795. The second kappa shape index (κ2) is 9.79. The summed E-state index contributed by atoms with van der Waals surface area (Å²) in [7, 11) is 0. The van der Waals surface area contributed by atoms with Crippen molar-refractivity contribution in [2.24, 2.45) is 0 Å². The van der Waals surface area contributed by atoms with Crippen molar-refractivity contribution in [3.63, 3.8) is 0 Å². The molecule has 0 spiro atoms. The van der Waals surface area contributed by atoms with E-state index in [9.17, 15) is 5.11 Å². The molecule has 0 fully saturated rings. The van der Waals surface area contributed by atoms with Gasteiger partial charge in [0.25, 0.3) is 0 Å². The highest BCUT2D eigenvalue weighted by Gasteiger charge is 2.48. The summed E-state index contributed by atoms with van der Waals surface area (Å²) < 4.78 is 0. The number of hydrogen-bond acceptors (Lipinski definition) is 5. The first-order valence-electron chi connectivity index (χ1n) is 13.2. The molecule has 1 aliphatic rings. The molecule has 1 N–H and O–H groups in total. The van der Waals surface area contributed by atoms with Crippen molar-refractivity contribution < 1.29 is 5.11 Å². The SMILES string of the molecule is Cc1sc(-c2ccccc2)nc1C1=C(c2nc(-c3ccccc3)sc2C)[C@@](O)(c2ccccc2)c2ccccc21. The molecule has 0 aliphatic heterocycles. The van der Waals surface area contributed by atoms with Crippen LogP contribution in [0.5, 0.6) is 0 Å². The Morgan fingerprint density at radius 1 is 0.575 bits per heavy atom. The van der Waals surface area contributed by atoms with Crippen molar-refractivity contribution in [1.82, 2.24) is 9.97 Å². The summed E-state index contributed by atoms with van der Waals surface area (Å²) in [6.07, 6.45) is 0. The molecule has 7 rings (SSSR count). The van der Waals surface area contributed by atoms with Gasteiger partial charge >= 0.3 is 0 Å². The number of aryl methyl sites for hydroxylation is 2. The quantitative estimate of drug-likeness (QED) is 0.232. The van der Waals surface area contributed by atoms with Gasteiger partial charge in [-0.1, -0.05) is 115 Å². The number of benzene rings is 4. The molecule has 2 aromatic heterocycles. The molecule has 0 saturated heterocycles. The molecule has 1 aliphatic carbocycles. The Kier molecular flexibility index (Phi) is 6.08. The van der Waals surface area contributed by atoms with E-state index in [-0.39, 0.29) is 0 Å². The Hall–Kier alpha value is -4.16. The molecule has 1 atom stereocenters. The smallest absolute Gasteiger partial charge is 0.143 e. The highest BCUT2D eigenvalue weighted by atomic mass is 32.1. The van der Waals surface area contributed by atoms with Gasteiger partial charge in [-0.15, -0.1) is 22.7 Å². The summed E-state index contributed by atoms with van der Waals surface area (Å²) >= 11 is 3.34. The van der Waals surface area contributed by atoms with Gasteiger partial charge in [-0.2, -0.15) is 0 Å². The normalized spacial score (nSPS) is 16.4. The summed E-state index contributed by atoms with van der Waals surface area (Å²) in [4.78, 5) is 12.6. The molecular formula is C35H26N2OS2. The van der Waals surface area contributed by atoms with Crippen molar-refractivity contribution in [1.29, 1.82) is 0 Å². The molecule has 2 heterocycles. The molecule has 0 saturated carbocycles. The third-order valence-corrected chi connectivity index (χ3v) is 9.54.